The van der Waals surface area contributed by atoms with E-state index in [1.807, 2.05) is 12.1 Å². The SMILES string of the molecule is CS(=O)(=O)Cc1cccc2[nH]c(=O)n(-c3cccc(S(=O)(=O)N4CCCc5ccccc54)c3)c(=O)c12. The van der Waals surface area contributed by atoms with Gasteiger partial charge in [-0.25, -0.2) is 26.2 Å². The zero-order chi connectivity index (χ0) is 25.7. The molecule has 1 aromatic heterocycles. The summed E-state index contributed by atoms with van der Waals surface area (Å²) in [7, 11) is -7.44. The maximum absolute atomic E-state index is 13.6. The van der Waals surface area contributed by atoms with Gasteiger partial charge in [0.15, 0.2) is 9.84 Å². The Morgan fingerprint density at radius 1 is 0.917 bits per heavy atom. The molecule has 0 bridgehead atoms. The smallest absolute Gasteiger partial charge is 0.306 e. The van der Waals surface area contributed by atoms with Gasteiger partial charge >= 0.3 is 5.69 Å². The molecule has 1 N–H and O–H groups in total. The Kier molecular flexibility index (Phi) is 5.84. The number of H-pyrrole nitrogens is 1. The topological polar surface area (TPSA) is 126 Å². The number of aromatic nitrogens is 2. The number of hydrogen-bond acceptors (Lipinski definition) is 6. The fourth-order valence-electron chi connectivity index (χ4n) is 4.63. The Morgan fingerprint density at radius 3 is 2.44 bits per heavy atom. The van der Waals surface area contributed by atoms with Crippen LogP contribution in [0.5, 0.6) is 0 Å². The van der Waals surface area contributed by atoms with E-state index >= 15 is 0 Å². The number of para-hydroxylation sites is 1. The molecule has 0 atom stereocenters. The summed E-state index contributed by atoms with van der Waals surface area (Å²) in [5.74, 6) is -0.381. The average molecular weight is 526 g/mol. The summed E-state index contributed by atoms with van der Waals surface area (Å²) in [4.78, 5) is 28.9. The van der Waals surface area contributed by atoms with Crippen molar-refractivity contribution in [3.63, 3.8) is 0 Å². The molecule has 5 rings (SSSR count). The van der Waals surface area contributed by atoms with E-state index in [1.54, 1.807) is 18.2 Å². The first-order chi connectivity index (χ1) is 17.1. The largest absolute Gasteiger partial charge is 0.333 e. The van der Waals surface area contributed by atoms with Gasteiger partial charge in [0, 0.05) is 12.8 Å². The fraction of sp³-hybridized carbons (Fsp3) is 0.200. The zero-order valence-electron chi connectivity index (χ0n) is 19.3. The molecule has 0 spiro atoms. The molecule has 0 aliphatic carbocycles. The van der Waals surface area contributed by atoms with Crippen molar-refractivity contribution in [2.75, 3.05) is 17.1 Å². The lowest BCUT2D eigenvalue weighted by Crippen LogP contribution is -2.36. The minimum atomic E-state index is -3.98. The van der Waals surface area contributed by atoms with E-state index < -0.39 is 31.1 Å². The van der Waals surface area contributed by atoms with Crippen LogP contribution in [0, 0.1) is 0 Å². The van der Waals surface area contributed by atoms with Crippen molar-refractivity contribution >= 4 is 36.5 Å². The van der Waals surface area contributed by atoms with Gasteiger partial charge in [-0.3, -0.25) is 9.10 Å². The van der Waals surface area contributed by atoms with Crippen molar-refractivity contribution in [3.05, 3.63) is 98.7 Å². The molecule has 1 aliphatic heterocycles. The van der Waals surface area contributed by atoms with Crippen molar-refractivity contribution in [2.24, 2.45) is 0 Å². The molecule has 1 aliphatic rings. The normalized spacial score (nSPS) is 14.1. The molecule has 0 saturated heterocycles. The van der Waals surface area contributed by atoms with E-state index in [9.17, 15) is 26.4 Å². The van der Waals surface area contributed by atoms with Gasteiger partial charge in [0.2, 0.25) is 0 Å². The van der Waals surface area contributed by atoms with Crippen LogP contribution in [0.15, 0.2) is 81.2 Å². The average Bonchev–Trinajstić information content (AvgIpc) is 2.83. The third kappa shape index (κ3) is 4.24. The second kappa shape index (κ2) is 8.75. The molecule has 3 aromatic carbocycles. The minimum absolute atomic E-state index is 0.0562. The lowest BCUT2D eigenvalue weighted by Gasteiger charge is -2.30. The molecule has 0 unspecified atom stereocenters. The molecular formula is C25H23N3O6S2. The van der Waals surface area contributed by atoms with E-state index in [0.717, 1.165) is 22.8 Å². The standard InChI is InChI=1S/C25H23N3O6S2/c1-35(31,32)16-18-8-4-12-21-23(18)24(29)28(25(30)26-21)19-10-5-11-20(15-19)36(33,34)27-14-6-9-17-7-2-3-13-22(17)27/h2-5,7-8,10-13,15H,6,9,14,16H2,1H3,(H,26,30). The second-order valence-electron chi connectivity index (χ2n) is 8.79. The number of rotatable bonds is 5. The lowest BCUT2D eigenvalue weighted by atomic mass is 10.0. The zero-order valence-corrected chi connectivity index (χ0v) is 21.0. The Morgan fingerprint density at radius 2 is 1.67 bits per heavy atom. The highest BCUT2D eigenvalue weighted by atomic mass is 32.2. The summed E-state index contributed by atoms with van der Waals surface area (Å²) >= 11 is 0. The number of aromatic amines is 1. The van der Waals surface area contributed by atoms with Gasteiger partial charge in [-0.2, -0.15) is 0 Å². The monoisotopic (exact) mass is 525 g/mol. The Hall–Kier alpha value is -3.70. The fourth-order valence-corrected chi connectivity index (χ4v) is 7.02. The van der Waals surface area contributed by atoms with Crippen molar-refractivity contribution in [1.82, 2.24) is 9.55 Å². The summed E-state index contributed by atoms with van der Waals surface area (Å²) in [5, 5.41) is 0.0562. The van der Waals surface area contributed by atoms with Crippen LogP contribution in [0.2, 0.25) is 0 Å². The minimum Gasteiger partial charge on any atom is -0.306 e. The molecule has 2 heterocycles. The Labute approximate surface area is 207 Å². The first-order valence-electron chi connectivity index (χ1n) is 11.2. The van der Waals surface area contributed by atoms with Crippen LogP contribution in [0.3, 0.4) is 0 Å². The predicted molar refractivity (Wildman–Crippen MR) is 138 cm³/mol. The van der Waals surface area contributed by atoms with Gasteiger partial charge in [0.25, 0.3) is 15.6 Å². The maximum Gasteiger partial charge on any atom is 0.333 e. The van der Waals surface area contributed by atoms with Crippen molar-refractivity contribution < 1.29 is 16.8 Å². The van der Waals surface area contributed by atoms with Crippen molar-refractivity contribution in [1.29, 1.82) is 0 Å². The number of aryl methyl sites for hydroxylation is 1. The third-order valence-corrected chi connectivity index (χ3v) is 8.81. The summed E-state index contributed by atoms with van der Waals surface area (Å²) in [6, 6.07) is 17.5. The van der Waals surface area contributed by atoms with Gasteiger partial charge in [-0.1, -0.05) is 36.4 Å². The Balaban J connectivity index is 1.67. The second-order valence-corrected chi connectivity index (χ2v) is 12.8. The lowest BCUT2D eigenvalue weighted by molar-refractivity contribution is 0.586. The van der Waals surface area contributed by atoms with E-state index in [-0.39, 0.29) is 32.8 Å². The molecule has 36 heavy (non-hydrogen) atoms. The van der Waals surface area contributed by atoms with Gasteiger partial charge in [-0.15, -0.1) is 0 Å². The number of hydrogen-bond donors (Lipinski definition) is 1. The number of benzene rings is 3. The van der Waals surface area contributed by atoms with Crippen LogP contribution >= 0.6 is 0 Å². The highest BCUT2D eigenvalue weighted by Gasteiger charge is 2.29. The summed E-state index contributed by atoms with van der Waals surface area (Å²) in [6.45, 7) is 0.314. The van der Waals surface area contributed by atoms with E-state index in [2.05, 4.69) is 4.98 Å². The van der Waals surface area contributed by atoms with Crippen molar-refractivity contribution in [3.8, 4) is 5.69 Å². The maximum atomic E-state index is 13.6. The highest BCUT2D eigenvalue weighted by molar-refractivity contribution is 7.92. The number of anilines is 1. The number of sulfonamides is 1. The highest BCUT2D eigenvalue weighted by Crippen LogP contribution is 2.32. The molecule has 186 valence electrons. The molecule has 0 amide bonds. The number of sulfone groups is 1. The van der Waals surface area contributed by atoms with Gasteiger partial charge < -0.3 is 4.98 Å². The summed E-state index contributed by atoms with van der Waals surface area (Å²) in [5.41, 5.74) is 0.565. The van der Waals surface area contributed by atoms with E-state index in [0.29, 0.717) is 18.7 Å². The first-order valence-corrected chi connectivity index (χ1v) is 14.7. The molecule has 0 radical (unpaired) electrons. The summed E-state index contributed by atoms with van der Waals surface area (Å²) in [6.07, 6.45) is 2.51. The van der Waals surface area contributed by atoms with Crippen molar-refractivity contribution in [2.45, 2.75) is 23.5 Å². The predicted octanol–water partition coefficient (Wildman–Crippen LogP) is 2.37. The number of nitrogens with one attached hydrogen (secondary N) is 1. The van der Waals surface area contributed by atoms with Gasteiger partial charge in [0.05, 0.1) is 32.9 Å². The third-order valence-electron chi connectivity index (χ3n) is 6.16. The van der Waals surface area contributed by atoms with Crippen LogP contribution in [-0.4, -0.2) is 39.2 Å². The number of nitrogens with zero attached hydrogens (tertiary/aromatic N) is 2. The van der Waals surface area contributed by atoms with Crippen LogP contribution in [0.4, 0.5) is 5.69 Å². The molecule has 9 nitrogen and oxygen atoms in total. The van der Waals surface area contributed by atoms with Gasteiger partial charge in [0.1, 0.15) is 0 Å². The van der Waals surface area contributed by atoms with Gasteiger partial charge in [-0.05, 0) is 54.3 Å². The molecule has 0 saturated carbocycles. The molecular weight excluding hydrogens is 502 g/mol. The van der Waals surface area contributed by atoms with Crippen LogP contribution in [-0.2, 0) is 32.0 Å². The first kappa shape index (κ1) is 24.0. The molecule has 0 fully saturated rings. The Bertz CT molecular complexity index is 1840. The molecule has 11 heteroatoms. The van der Waals surface area contributed by atoms with E-state index in [4.69, 9.17) is 0 Å². The number of fused-ring (bicyclic) bond motifs is 2. The van der Waals surface area contributed by atoms with Crippen LogP contribution in [0.25, 0.3) is 16.6 Å². The van der Waals surface area contributed by atoms with E-state index in [1.165, 1.54) is 40.7 Å². The quantitative estimate of drug-likeness (QED) is 0.426. The summed E-state index contributed by atoms with van der Waals surface area (Å²) < 4.78 is 53.2. The molecule has 4 aromatic rings. The van der Waals surface area contributed by atoms with Crippen LogP contribution < -0.4 is 15.6 Å². The van der Waals surface area contributed by atoms with Crippen LogP contribution in [0.1, 0.15) is 17.5 Å².